The van der Waals surface area contributed by atoms with Crippen molar-refractivity contribution < 1.29 is 23.8 Å². The minimum Gasteiger partial charge on any atom is -0.490 e. The van der Waals surface area contributed by atoms with Crippen LogP contribution in [0.2, 0.25) is 5.02 Å². The minimum atomic E-state index is -0.467. The number of benzene rings is 2. The van der Waals surface area contributed by atoms with Gasteiger partial charge in [-0.2, -0.15) is 0 Å². The van der Waals surface area contributed by atoms with Crippen LogP contribution in [0, 0.1) is 6.92 Å². The van der Waals surface area contributed by atoms with Gasteiger partial charge in [0.2, 0.25) is 0 Å². The van der Waals surface area contributed by atoms with Crippen molar-refractivity contribution in [3.8, 4) is 11.5 Å². The molecule has 1 unspecified atom stereocenters. The van der Waals surface area contributed by atoms with Gasteiger partial charge in [0.1, 0.15) is 0 Å². The first-order valence-corrected chi connectivity index (χ1v) is 12.3. The SMILES string of the molecule is CCOC(=O)COc1c(Br)cc(/C=C2\SC(Nc3cc(Cl)ccc3C)NC2=O)cc1OCC. The zero-order chi connectivity index (χ0) is 24.0. The maximum Gasteiger partial charge on any atom is 0.344 e. The topological polar surface area (TPSA) is 85.9 Å². The van der Waals surface area contributed by atoms with E-state index in [-0.39, 0.29) is 24.6 Å². The molecule has 0 aromatic heterocycles. The van der Waals surface area contributed by atoms with Crippen molar-refractivity contribution in [3.63, 3.8) is 0 Å². The molecule has 0 bridgehead atoms. The number of aryl methyl sites for hydroxylation is 1. The Labute approximate surface area is 210 Å². The molecule has 10 heteroatoms. The molecule has 33 heavy (non-hydrogen) atoms. The molecular weight excluding hydrogens is 532 g/mol. The highest BCUT2D eigenvalue weighted by Crippen LogP contribution is 2.39. The molecule has 0 spiro atoms. The largest absolute Gasteiger partial charge is 0.490 e. The van der Waals surface area contributed by atoms with Crippen LogP contribution in [0.1, 0.15) is 25.0 Å². The van der Waals surface area contributed by atoms with Crippen LogP contribution in [0.4, 0.5) is 5.69 Å². The van der Waals surface area contributed by atoms with E-state index < -0.39 is 5.97 Å². The van der Waals surface area contributed by atoms with Gasteiger partial charge >= 0.3 is 5.97 Å². The Kier molecular flexibility index (Phi) is 8.94. The quantitative estimate of drug-likeness (QED) is 0.319. The number of hydrogen-bond acceptors (Lipinski definition) is 7. The molecule has 1 heterocycles. The predicted molar refractivity (Wildman–Crippen MR) is 135 cm³/mol. The summed E-state index contributed by atoms with van der Waals surface area (Å²) in [5.41, 5.74) is 2.29. The zero-order valence-electron chi connectivity index (χ0n) is 18.4. The molecular formula is C23H24BrClN2O5S. The molecule has 0 aliphatic carbocycles. The molecule has 0 radical (unpaired) electrons. The molecule has 0 saturated carbocycles. The molecule has 2 aromatic rings. The number of thioether (sulfide) groups is 1. The van der Waals surface area contributed by atoms with Crippen LogP contribution < -0.4 is 20.1 Å². The van der Waals surface area contributed by atoms with Gasteiger partial charge in [-0.25, -0.2) is 4.79 Å². The normalized spacial score (nSPS) is 16.5. The fourth-order valence-corrected chi connectivity index (χ4v) is 4.74. The second-order valence-corrected chi connectivity index (χ2v) is 9.38. The maximum absolute atomic E-state index is 12.5. The molecule has 3 rings (SSSR count). The van der Waals surface area contributed by atoms with E-state index in [4.69, 9.17) is 25.8 Å². The van der Waals surface area contributed by atoms with E-state index in [2.05, 4.69) is 26.6 Å². The molecule has 1 atom stereocenters. The van der Waals surface area contributed by atoms with E-state index >= 15 is 0 Å². The van der Waals surface area contributed by atoms with E-state index in [1.807, 2.05) is 32.0 Å². The highest BCUT2D eigenvalue weighted by molar-refractivity contribution is 9.10. The summed E-state index contributed by atoms with van der Waals surface area (Å²) in [6.07, 6.45) is 1.77. The van der Waals surface area contributed by atoms with Gasteiger partial charge in [0, 0.05) is 10.7 Å². The smallest absolute Gasteiger partial charge is 0.344 e. The van der Waals surface area contributed by atoms with Crippen molar-refractivity contribution in [1.29, 1.82) is 0 Å². The first-order chi connectivity index (χ1) is 15.8. The average Bonchev–Trinajstić information content (AvgIpc) is 3.09. The van der Waals surface area contributed by atoms with Gasteiger partial charge in [-0.05, 0) is 78.2 Å². The van der Waals surface area contributed by atoms with Crippen LogP contribution in [-0.2, 0) is 14.3 Å². The van der Waals surface area contributed by atoms with Crippen LogP contribution in [0.15, 0.2) is 39.7 Å². The summed E-state index contributed by atoms with van der Waals surface area (Å²) in [6, 6.07) is 9.12. The molecule has 1 aliphatic heterocycles. The van der Waals surface area contributed by atoms with Crippen molar-refractivity contribution >= 4 is 62.9 Å². The third-order valence-corrected chi connectivity index (χ3v) is 6.34. The highest BCUT2D eigenvalue weighted by Gasteiger charge is 2.28. The fourth-order valence-electron chi connectivity index (χ4n) is 3.02. The number of amides is 1. The number of halogens is 2. The van der Waals surface area contributed by atoms with E-state index in [0.29, 0.717) is 32.5 Å². The van der Waals surface area contributed by atoms with Crippen LogP contribution >= 0.6 is 39.3 Å². The zero-order valence-corrected chi connectivity index (χ0v) is 21.5. The van der Waals surface area contributed by atoms with Crippen molar-refractivity contribution in [2.75, 3.05) is 25.1 Å². The lowest BCUT2D eigenvalue weighted by Crippen LogP contribution is -2.31. The van der Waals surface area contributed by atoms with Crippen molar-refractivity contribution in [3.05, 3.63) is 55.9 Å². The van der Waals surface area contributed by atoms with E-state index in [9.17, 15) is 9.59 Å². The molecule has 1 aliphatic rings. The Balaban J connectivity index is 1.78. The average molecular weight is 556 g/mol. The standard InChI is InChI=1S/C23H24BrClN2O5S/c1-4-30-18-9-14(8-16(24)21(18)32-12-20(28)31-5-2)10-19-22(29)27-23(33-19)26-17-11-15(25)7-6-13(17)3/h6-11,23,26H,4-5,12H2,1-3H3,(H,27,29)/b19-10-. The Hall–Kier alpha value is -2.36. The van der Waals surface area contributed by atoms with E-state index in [0.717, 1.165) is 16.8 Å². The third kappa shape index (κ3) is 6.82. The molecule has 2 N–H and O–H groups in total. The highest BCUT2D eigenvalue weighted by atomic mass is 79.9. The van der Waals surface area contributed by atoms with Crippen molar-refractivity contribution in [2.24, 2.45) is 0 Å². The number of nitrogens with one attached hydrogen (secondary N) is 2. The number of hydrogen-bond donors (Lipinski definition) is 2. The summed E-state index contributed by atoms with van der Waals surface area (Å²) in [5, 5.41) is 6.82. The Bertz CT molecular complexity index is 1080. The van der Waals surface area contributed by atoms with Crippen LogP contribution in [0.5, 0.6) is 11.5 Å². The Morgan fingerprint density at radius 1 is 1.24 bits per heavy atom. The number of esters is 1. The Morgan fingerprint density at radius 2 is 2.03 bits per heavy atom. The van der Waals surface area contributed by atoms with Gasteiger partial charge in [-0.15, -0.1) is 0 Å². The third-order valence-electron chi connectivity index (χ3n) is 4.49. The lowest BCUT2D eigenvalue weighted by atomic mass is 10.2. The number of carbonyl (C=O) groups is 2. The maximum atomic E-state index is 12.5. The predicted octanol–water partition coefficient (Wildman–Crippen LogP) is 5.35. The van der Waals surface area contributed by atoms with Crippen LogP contribution in [0.3, 0.4) is 0 Å². The molecule has 1 amide bonds. The monoisotopic (exact) mass is 554 g/mol. The summed E-state index contributed by atoms with van der Waals surface area (Å²) in [7, 11) is 0. The first-order valence-electron chi connectivity index (χ1n) is 10.3. The molecule has 7 nitrogen and oxygen atoms in total. The van der Waals surface area contributed by atoms with Crippen molar-refractivity contribution in [1.82, 2.24) is 5.32 Å². The van der Waals surface area contributed by atoms with Gasteiger partial charge < -0.3 is 24.8 Å². The molecule has 2 aromatic carbocycles. The molecule has 1 saturated heterocycles. The van der Waals surface area contributed by atoms with Gasteiger partial charge in [0.05, 0.1) is 22.6 Å². The molecule has 176 valence electrons. The second-order valence-electron chi connectivity index (χ2n) is 6.94. The Morgan fingerprint density at radius 3 is 2.76 bits per heavy atom. The van der Waals surface area contributed by atoms with Crippen molar-refractivity contribution in [2.45, 2.75) is 26.3 Å². The van der Waals surface area contributed by atoms with Gasteiger partial charge in [-0.1, -0.05) is 29.4 Å². The summed E-state index contributed by atoms with van der Waals surface area (Å²) in [5.74, 6) is 0.196. The summed E-state index contributed by atoms with van der Waals surface area (Å²) in [6.45, 7) is 6.00. The number of ether oxygens (including phenoxy) is 3. The summed E-state index contributed by atoms with van der Waals surface area (Å²) in [4.78, 5) is 24.7. The first kappa shape index (κ1) is 25.3. The fraction of sp³-hybridized carbons (Fsp3) is 0.304. The minimum absolute atomic E-state index is 0.186. The summed E-state index contributed by atoms with van der Waals surface area (Å²) < 4.78 is 16.8. The van der Waals surface area contributed by atoms with Gasteiger partial charge in [0.15, 0.2) is 23.6 Å². The number of rotatable bonds is 9. The second kappa shape index (κ2) is 11.7. The van der Waals surface area contributed by atoms with E-state index in [1.54, 1.807) is 25.1 Å². The van der Waals surface area contributed by atoms with Crippen LogP contribution in [-0.4, -0.2) is 37.2 Å². The lowest BCUT2D eigenvalue weighted by Gasteiger charge is -2.15. The number of carbonyl (C=O) groups excluding carboxylic acids is 2. The van der Waals surface area contributed by atoms with Crippen LogP contribution in [0.25, 0.3) is 6.08 Å². The number of anilines is 1. The lowest BCUT2D eigenvalue weighted by molar-refractivity contribution is -0.145. The van der Waals surface area contributed by atoms with Gasteiger partial charge in [-0.3, -0.25) is 4.79 Å². The molecule has 1 fully saturated rings. The summed E-state index contributed by atoms with van der Waals surface area (Å²) >= 11 is 10.9. The van der Waals surface area contributed by atoms with E-state index in [1.165, 1.54) is 11.8 Å². The van der Waals surface area contributed by atoms with Gasteiger partial charge in [0.25, 0.3) is 5.91 Å².